The first kappa shape index (κ1) is 17.8. The van der Waals surface area contributed by atoms with Gasteiger partial charge < -0.3 is 9.57 Å². The van der Waals surface area contributed by atoms with Crippen molar-refractivity contribution in [2.24, 2.45) is 39.7 Å². The molecule has 0 aromatic rings. The van der Waals surface area contributed by atoms with Gasteiger partial charge in [0.15, 0.2) is 0 Å². The van der Waals surface area contributed by atoms with Crippen LogP contribution in [0.3, 0.4) is 0 Å². The van der Waals surface area contributed by atoms with Gasteiger partial charge in [-0.15, -0.1) is 0 Å². The van der Waals surface area contributed by atoms with Crippen molar-refractivity contribution in [1.29, 1.82) is 0 Å². The van der Waals surface area contributed by atoms with Crippen LogP contribution in [0.2, 0.25) is 0 Å². The highest BCUT2D eigenvalue weighted by Crippen LogP contribution is 2.67. The lowest BCUT2D eigenvalue weighted by Crippen LogP contribution is -2.51. The van der Waals surface area contributed by atoms with E-state index in [4.69, 9.17) is 9.57 Å². The van der Waals surface area contributed by atoms with Gasteiger partial charge in [0.05, 0.1) is 5.71 Å². The molecule has 1 heterocycles. The molecule has 0 amide bonds. The predicted molar refractivity (Wildman–Crippen MR) is 104 cm³/mol. The predicted octanol–water partition coefficient (Wildman–Crippen LogP) is 4.88. The average molecular weight is 372 g/mol. The molecule has 2 unspecified atom stereocenters. The van der Waals surface area contributed by atoms with Gasteiger partial charge in [0, 0.05) is 19.3 Å². The van der Waals surface area contributed by atoms with E-state index in [1.807, 2.05) is 0 Å². The van der Waals surface area contributed by atoms with Crippen LogP contribution < -0.4 is 0 Å². The first-order valence-corrected chi connectivity index (χ1v) is 10.9. The number of rotatable bonds is 1. The third kappa shape index (κ3) is 2.40. The smallest absolute Gasteiger partial charge is 0.302 e. The van der Waals surface area contributed by atoms with Gasteiger partial charge in [-0.25, -0.2) is 0 Å². The summed E-state index contributed by atoms with van der Waals surface area (Å²) in [6.07, 6.45) is 11.0. The second-order valence-electron chi connectivity index (χ2n) is 10.4. The molecule has 0 aromatic carbocycles. The monoisotopic (exact) mass is 371 g/mol. The van der Waals surface area contributed by atoms with Gasteiger partial charge in [0.2, 0.25) is 0 Å². The van der Waals surface area contributed by atoms with Crippen molar-refractivity contribution in [3.63, 3.8) is 0 Å². The number of hydrogen-bond donors (Lipinski definition) is 0. The van der Waals surface area contributed by atoms with Crippen molar-refractivity contribution < 1.29 is 14.4 Å². The quantitative estimate of drug-likeness (QED) is 0.487. The maximum absolute atomic E-state index is 11.4. The molecule has 1 aliphatic heterocycles. The Bertz CT molecular complexity index is 727. The van der Waals surface area contributed by atoms with E-state index < -0.39 is 0 Å². The lowest BCUT2D eigenvalue weighted by atomic mass is 9.47. The molecule has 4 nitrogen and oxygen atoms in total. The average Bonchev–Trinajstić information content (AvgIpc) is 3.12. The Morgan fingerprint density at radius 3 is 2.85 bits per heavy atom. The molecular formula is C23H33NO3. The molecule has 0 saturated heterocycles. The minimum absolute atomic E-state index is 0.0883. The molecule has 4 aliphatic carbocycles. The normalized spacial score (nSPS) is 50.4. The summed E-state index contributed by atoms with van der Waals surface area (Å²) < 4.78 is 5.56. The van der Waals surface area contributed by atoms with Crippen LogP contribution >= 0.6 is 0 Å². The molecule has 4 heteroatoms. The Hall–Kier alpha value is -1.32. The van der Waals surface area contributed by atoms with Gasteiger partial charge in [0.25, 0.3) is 0 Å². The second-order valence-corrected chi connectivity index (χ2v) is 10.4. The molecule has 0 N–H and O–H groups in total. The van der Waals surface area contributed by atoms with Crippen LogP contribution in [0.4, 0.5) is 0 Å². The molecule has 27 heavy (non-hydrogen) atoms. The Balaban J connectivity index is 1.42. The van der Waals surface area contributed by atoms with Gasteiger partial charge in [-0.2, -0.15) is 0 Å². The number of hydrogen-bond acceptors (Lipinski definition) is 4. The van der Waals surface area contributed by atoms with Crippen LogP contribution in [0.15, 0.2) is 16.8 Å². The van der Waals surface area contributed by atoms with E-state index in [0.717, 1.165) is 37.0 Å². The molecule has 8 atom stereocenters. The van der Waals surface area contributed by atoms with E-state index in [1.54, 1.807) is 5.57 Å². The molecule has 3 fully saturated rings. The van der Waals surface area contributed by atoms with Gasteiger partial charge in [-0.1, -0.05) is 30.7 Å². The van der Waals surface area contributed by atoms with E-state index >= 15 is 0 Å². The Morgan fingerprint density at radius 1 is 1.26 bits per heavy atom. The zero-order chi connectivity index (χ0) is 19.0. The van der Waals surface area contributed by atoms with E-state index in [1.165, 1.54) is 38.3 Å². The third-order valence-corrected chi connectivity index (χ3v) is 9.18. The molecule has 0 spiro atoms. The number of allylic oxidation sites excluding steroid dienone is 1. The summed E-state index contributed by atoms with van der Waals surface area (Å²) in [6, 6.07) is 0. The summed E-state index contributed by atoms with van der Waals surface area (Å²) in [5.41, 5.74) is 3.44. The first-order valence-electron chi connectivity index (χ1n) is 10.9. The van der Waals surface area contributed by atoms with Crippen LogP contribution in [0.5, 0.6) is 0 Å². The van der Waals surface area contributed by atoms with Crippen LogP contribution in [-0.2, 0) is 14.4 Å². The van der Waals surface area contributed by atoms with Crippen molar-refractivity contribution in [2.75, 3.05) is 0 Å². The number of nitrogens with zero attached hydrogens (tertiary/aromatic N) is 1. The minimum atomic E-state index is -0.138. The van der Waals surface area contributed by atoms with Crippen LogP contribution in [0, 0.1) is 34.5 Å². The Labute approximate surface area is 162 Å². The van der Waals surface area contributed by atoms with E-state index in [9.17, 15) is 4.79 Å². The van der Waals surface area contributed by atoms with E-state index in [-0.39, 0.29) is 12.1 Å². The lowest BCUT2D eigenvalue weighted by Gasteiger charge is -2.57. The van der Waals surface area contributed by atoms with Crippen molar-refractivity contribution in [2.45, 2.75) is 84.8 Å². The summed E-state index contributed by atoms with van der Waals surface area (Å²) in [7, 11) is 0. The largest absolute Gasteiger partial charge is 0.462 e. The number of ether oxygens (including phenoxy) is 1. The molecule has 0 aromatic heterocycles. The maximum atomic E-state index is 11.4. The number of esters is 1. The van der Waals surface area contributed by atoms with Crippen molar-refractivity contribution in [3.8, 4) is 0 Å². The van der Waals surface area contributed by atoms with Gasteiger partial charge in [0.1, 0.15) is 12.2 Å². The highest BCUT2D eigenvalue weighted by Gasteiger charge is 2.63. The Kier molecular flexibility index (Phi) is 3.84. The summed E-state index contributed by atoms with van der Waals surface area (Å²) in [5, 5.41) is 4.34. The molecule has 5 aliphatic rings. The van der Waals surface area contributed by atoms with Gasteiger partial charge >= 0.3 is 5.97 Å². The molecule has 0 radical (unpaired) electrons. The fraction of sp³-hybridized carbons (Fsp3) is 0.826. The molecule has 0 bridgehead atoms. The SMILES string of the molecule is CC(=O)O[C@H]1CC[C@@]2(C)C(=CC[C@@H]3[C@@H]2CC[C@]2(C)C4C(C)=NOC4C[C@@H]32)C1. The van der Waals surface area contributed by atoms with Gasteiger partial charge in [-0.05, 0) is 74.0 Å². The molecule has 3 saturated carbocycles. The fourth-order valence-electron chi connectivity index (χ4n) is 8.01. The third-order valence-electron chi connectivity index (χ3n) is 9.18. The highest BCUT2D eigenvalue weighted by molar-refractivity contribution is 5.86. The number of oxime groups is 1. The second kappa shape index (κ2) is 5.84. The standard InChI is InChI=1S/C23H33NO3/c1-13-21-20(27-24-13)12-19-17-6-5-15-11-16(26-14(2)25)7-9-22(15,3)18(17)8-10-23(19,21)4/h5,16-21H,6-12H2,1-4H3/t16-,17+,18-,19-,20?,21?,22-,23-/m0/s1. The molecule has 5 rings (SSSR count). The summed E-state index contributed by atoms with van der Waals surface area (Å²) in [4.78, 5) is 17.2. The maximum Gasteiger partial charge on any atom is 0.302 e. The van der Waals surface area contributed by atoms with E-state index in [0.29, 0.717) is 22.9 Å². The first-order chi connectivity index (χ1) is 12.8. The van der Waals surface area contributed by atoms with Crippen molar-refractivity contribution >= 4 is 11.7 Å². The topological polar surface area (TPSA) is 47.9 Å². The van der Waals surface area contributed by atoms with Crippen LogP contribution in [0.25, 0.3) is 0 Å². The van der Waals surface area contributed by atoms with Crippen LogP contribution in [-0.4, -0.2) is 23.9 Å². The fourth-order valence-corrected chi connectivity index (χ4v) is 8.01. The van der Waals surface area contributed by atoms with Crippen LogP contribution in [0.1, 0.15) is 72.6 Å². The summed E-state index contributed by atoms with van der Waals surface area (Å²) in [5.74, 6) is 2.68. The summed E-state index contributed by atoms with van der Waals surface area (Å²) >= 11 is 0. The zero-order valence-corrected chi connectivity index (χ0v) is 17.2. The lowest BCUT2D eigenvalue weighted by molar-refractivity contribution is -0.148. The molecular weight excluding hydrogens is 338 g/mol. The van der Waals surface area contributed by atoms with Crippen molar-refractivity contribution in [1.82, 2.24) is 0 Å². The number of fused-ring (bicyclic) bond motifs is 7. The number of carbonyl (C=O) groups excluding carboxylic acids is 1. The minimum Gasteiger partial charge on any atom is -0.462 e. The molecule has 148 valence electrons. The van der Waals surface area contributed by atoms with Gasteiger partial charge in [-0.3, -0.25) is 4.79 Å². The zero-order valence-electron chi connectivity index (χ0n) is 17.2. The summed E-state index contributed by atoms with van der Waals surface area (Å²) in [6.45, 7) is 8.72. The number of carbonyl (C=O) groups is 1. The Morgan fingerprint density at radius 2 is 2.07 bits per heavy atom. The van der Waals surface area contributed by atoms with E-state index in [2.05, 4.69) is 32.0 Å². The highest BCUT2D eigenvalue weighted by atomic mass is 16.6. The van der Waals surface area contributed by atoms with Crippen molar-refractivity contribution in [3.05, 3.63) is 11.6 Å².